The van der Waals surface area contributed by atoms with Gasteiger partial charge in [-0.05, 0) is 42.0 Å². The molecular weight excluding hydrogens is 294 g/mol. The Hall–Kier alpha value is -1.46. The van der Waals surface area contributed by atoms with Gasteiger partial charge < -0.3 is 10.1 Å². The third-order valence-electron chi connectivity index (χ3n) is 2.46. The van der Waals surface area contributed by atoms with Crippen LogP contribution in [0.25, 0.3) is 0 Å². The number of rotatable bonds is 4. The van der Waals surface area contributed by atoms with Crippen LogP contribution in [-0.4, -0.2) is 17.0 Å². The van der Waals surface area contributed by atoms with E-state index in [1.54, 1.807) is 6.20 Å². The number of nitrogens with one attached hydrogen (secondary N) is 1. The summed E-state index contributed by atoms with van der Waals surface area (Å²) in [5.74, 6) is 0.707. The topological polar surface area (TPSA) is 47.0 Å². The van der Waals surface area contributed by atoms with Crippen LogP contribution in [0, 0.1) is 6.92 Å². The van der Waals surface area contributed by atoms with Crippen molar-refractivity contribution in [2.45, 2.75) is 13.5 Å². The Bertz CT molecular complexity index is 546. The molecule has 0 unspecified atom stereocenters. The monoisotopic (exact) mass is 307 g/mol. The molecule has 0 amide bonds. The molecule has 4 nitrogen and oxygen atoms in total. The number of para-hydroxylation sites is 1. The predicted molar refractivity (Wildman–Crippen MR) is 73.7 cm³/mol. The van der Waals surface area contributed by atoms with Crippen molar-refractivity contribution in [2.24, 2.45) is 0 Å². The van der Waals surface area contributed by atoms with Crippen molar-refractivity contribution in [1.82, 2.24) is 15.3 Å². The lowest BCUT2D eigenvalue weighted by Crippen LogP contribution is -2.08. The summed E-state index contributed by atoms with van der Waals surface area (Å²) in [6, 6.07) is 7.97. The normalized spacial score (nSPS) is 10.4. The summed E-state index contributed by atoms with van der Waals surface area (Å²) in [6.45, 7) is 2.70. The molecule has 0 aliphatic carbocycles. The van der Waals surface area contributed by atoms with Crippen LogP contribution in [0.2, 0.25) is 0 Å². The van der Waals surface area contributed by atoms with Crippen molar-refractivity contribution in [2.75, 3.05) is 7.05 Å². The standard InChI is InChI=1S/C13H14BrN3O/c1-9-10(7-15-2)8-16-13(17-9)18-12-6-4-3-5-11(12)14/h3-6,8,15H,7H2,1-2H3. The van der Waals surface area contributed by atoms with Gasteiger partial charge in [-0.2, -0.15) is 4.98 Å². The Kier molecular flexibility index (Phi) is 4.28. The smallest absolute Gasteiger partial charge is 0.322 e. The minimum atomic E-state index is 0.360. The lowest BCUT2D eigenvalue weighted by molar-refractivity contribution is 0.436. The first-order chi connectivity index (χ1) is 8.70. The Morgan fingerprint density at radius 1 is 1.33 bits per heavy atom. The number of aromatic nitrogens is 2. The van der Waals surface area contributed by atoms with E-state index in [-0.39, 0.29) is 0 Å². The van der Waals surface area contributed by atoms with Crippen molar-refractivity contribution in [3.05, 3.63) is 46.2 Å². The van der Waals surface area contributed by atoms with E-state index >= 15 is 0 Å². The molecule has 1 heterocycles. The average Bonchev–Trinajstić information content (AvgIpc) is 2.36. The highest BCUT2D eigenvalue weighted by molar-refractivity contribution is 9.10. The van der Waals surface area contributed by atoms with E-state index < -0.39 is 0 Å². The molecule has 0 atom stereocenters. The zero-order chi connectivity index (χ0) is 13.0. The second-order valence-corrected chi connectivity index (χ2v) is 4.68. The first-order valence-electron chi connectivity index (χ1n) is 5.60. The lowest BCUT2D eigenvalue weighted by atomic mass is 10.2. The molecular formula is C13H14BrN3O. The quantitative estimate of drug-likeness (QED) is 0.943. The fraction of sp³-hybridized carbons (Fsp3) is 0.231. The second-order valence-electron chi connectivity index (χ2n) is 3.83. The highest BCUT2D eigenvalue weighted by atomic mass is 79.9. The van der Waals surface area contributed by atoms with Crippen molar-refractivity contribution in [3.8, 4) is 11.8 Å². The summed E-state index contributed by atoms with van der Waals surface area (Å²) < 4.78 is 6.51. The number of halogens is 1. The molecule has 0 spiro atoms. The van der Waals surface area contributed by atoms with Crippen LogP contribution in [0.1, 0.15) is 11.3 Å². The molecule has 5 heteroatoms. The highest BCUT2D eigenvalue weighted by Crippen LogP contribution is 2.27. The maximum Gasteiger partial charge on any atom is 0.322 e. The second kappa shape index (κ2) is 5.93. The van der Waals surface area contributed by atoms with Crippen molar-refractivity contribution in [1.29, 1.82) is 0 Å². The van der Waals surface area contributed by atoms with Gasteiger partial charge in [-0.1, -0.05) is 12.1 Å². The van der Waals surface area contributed by atoms with Crippen molar-refractivity contribution in [3.63, 3.8) is 0 Å². The van der Waals surface area contributed by atoms with E-state index in [2.05, 4.69) is 31.2 Å². The molecule has 1 N–H and O–H groups in total. The lowest BCUT2D eigenvalue weighted by Gasteiger charge is -2.08. The van der Waals surface area contributed by atoms with Crippen LogP contribution in [0.4, 0.5) is 0 Å². The molecule has 2 rings (SSSR count). The van der Waals surface area contributed by atoms with Crippen LogP contribution >= 0.6 is 15.9 Å². The number of ether oxygens (including phenoxy) is 1. The Labute approximate surface area is 115 Å². The van der Waals surface area contributed by atoms with Gasteiger partial charge in [0.1, 0.15) is 5.75 Å². The molecule has 2 aromatic rings. The van der Waals surface area contributed by atoms with Gasteiger partial charge in [-0.15, -0.1) is 0 Å². The van der Waals surface area contributed by atoms with E-state index in [1.165, 1.54) is 0 Å². The van der Waals surface area contributed by atoms with E-state index in [0.29, 0.717) is 11.8 Å². The highest BCUT2D eigenvalue weighted by Gasteiger charge is 2.06. The molecule has 0 aliphatic rings. The van der Waals surface area contributed by atoms with Gasteiger partial charge in [0.2, 0.25) is 0 Å². The number of hydrogen-bond acceptors (Lipinski definition) is 4. The van der Waals surface area contributed by atoms with Gasteiger partial charge in [0.25, 0.3) is 0 Å². The van der Waals surface area contributed by atoms with Gasteiger partial charge in [-0.3, -0.25) is 0 Å². The minimum absolute atomic E-state index is 0.360. The van der Waals surface area contributed by atoms with E-state index in [9.17, 15) is 0 Å². The van der Waals surface area contributed by atoms with Gasteiger partial charge >= 0.3 is 6.01 Å². The summed E-state index contributed by atoms with van der Waals surface area (Å²) in [6.07, 6.45) is 1.78. The number of nitrogens with zero attached hydrogens (tertiary/aromatic N) is 2. The Morgan fingerprint density at radius 3 is 2.78 bits per heavy atom. The maximum absolute atomic E-state index is 5.63. The molecule has 94 valence electrons. The zero-order valence-electron chi connectivity index (χ0n) is 10.3. The first-order valence-corrected chi connectivity index (χ1v) is 6.39. The zero-order valence-corrected chi connectivity index (χ0v) is 11.9. The fourth-order valence-electron chi connectivity index (χ4n) is 1.51. The average molecular weight is 308 g/mol. The maximum atomic E-state index is 5.63. The number of hydrogen-bond donors (Lipinski definition) is 1. The molecule has 18 heavy (non-hydrogen) atoms. The van der Waals surface area contributed by atoms with Gasteiger partial charge in [-0.25, -0.2) is 4.98 Å². The van der Waals surface area contributed by atoms with Gasteiger partial charge in [0.05, 0.1) is 4.47 Å². The molecule has 0 bridgehead atoms. The van der Waals surface area contributed by atoms with Crippen LogP contribution < -0.4 is 10.1 Å². The summed E-state index contributed by atoms with van der Waals surface area (Å²) in [7, 11) is 1.89. The van der Waals surface area contributed by atoms with Gasteiger partial charge in [0, 0.05) is 24.0 Å². The number of benzene rings is 1. The van der Waals surface area contributed by atoms with Crippen LogP contribution in [0.3, 0.4) is 0 Å². The molecule has 1 aromatic carbocycles. The van der Waals surface area contributed by atoms with Crippen molar-refractivity contribution >= 4 is 15.9 Å². The fourth-order valence-corrected chi connectivity index (χ4v) is 1.88. The van der Waals surface area contributed by atoms with E-state index in [0.717, 1.165) is 22.3 Å². The summed E-state index contributed by atoms with van der Waals surface area (Å²) in [4.78, 5) is 8.53. The summed E-state index contributed by atoms with van der Waals surface area (Å²) >= 11 is 3.42. The third-order valence-corrected chi connectivity index (χ3v) is 3.12. The van der Waals surface area contributed by atoms with Crippen LogP contribution in [0.15, 0.2) is 34.9 Å². The largest absolute Gasteiger partial charge is 0.423 e. The van der Waals surface area contributed by atoms with Crippen LogP contribution in [0.5, 0.6) is 11.8 Å². The first kappa shape index (κ1) is 13.0. The third kappa shape index (κ3) is 3.05. The van der Waals surface area contributed by atoms with E-state index in [1.807, 2.05) is 38.2 Å². The summed E-state index contributed by atoms with van der Waals surface area (Å²) in [5, 5.41) is 3.07. The van der Waals surface area contributed by atoms with Crippen LogP contribution in [-0.2, 0) is 6.54 Å². The molecule has 0 radical (unpaired) electrons. The minimum Gasteiger partial charge on any atom is -0.423 e. The SMILES string of the molecule is CNCc1cnc(Oc2ccccc2Br)nc1C. The summed E-state index contributed by atoms with van der Waals surface area (Å²) in [5.41, 5.74) is 1.98. The van der Waals surface area contributed by atoms with Crippen molar-refractivity contribution < 1.29 is 4.74 Å². The molecule has 0 fully saturated rings. The molecule has 1 aromatic heterocycles. The molecule has 0 aliphatic heterocycles. The predicted octanol–water partition coefficient (Wildman–Crippen LogP) is 3.06. The Balaban J connectivity index is 2.20. The van der Waals surface area contributed by atoms with E-state index in [4.69, 9.17) is 4.74 Å². The molecule has 0 saturated heterocycles. The molecule has 0 saturated carbocycles. The van der Waals surface area contributed by atoms with Gasteiger partial charge in [0.15, 0.2) is 0 Å². The Morgan fingerprint density at radius 2 is 2.11 bits per heavy atom. The number of aryl methyl sites for hydroxylation is 1.